The highest BCUT2D eigenvalue weighted by Gasteiger charge is 2.28. The van der Waals surface area contributed by atoms with Crippen molar-refractivity contribution in [3.8, 4) is 5.75 Å². The summed E-state index contributed by atoms with van der Waals surface area (Å²) in [6, 6.07) is 17.1. The quantitative estimate of drug-likeness (QED) is 0.898. The normalized spacial score (nSPS) is 22.1. The van der Waals surface area contributed by atoms with Crippen LogP contribution in [-0.2, 0) is 6.54 Å². The number of rotatable bonds is 4. The Morgan fingerprint density at radius 1 is 0.926 bits per heavy atom. The van der Waals surface area contributed by atoms with Gasteiger partial charge in [0.15, 0.2) is 0 Å². The van der Waals surface area contributed by atoms with Crippen LogP contribution < -0.4 is 4.90 Å². The van der Waals surface area contributed by atoms with Gasteiger partial charge in [-0.2, -0.15) is 0 Å². The van der Waals surface area contributed by atoms with Crippen molar-refractivity contribution in [3.05, 3.63) is 59.7 Å². The second-order valence-electron chi connectivity index (χ2n) is 7.97. The van der Waals surface area contributed by atoms with E-state index in [-0.39, 0.29) is 0 Å². The zero-order chi connectivity index (χ0) is 18.6. The number of aromatic hydroxyl groups is 1. The molecule has 2 saturated heterocycles. The lowest BCUT2D eigenvalue weighted by Gasteiger charge is -2.44. The first-order chi connectivity index (χ1) is 13.2. The van der Waals surface area contributed by atoms with Crippen LogP contribution in [0.5, 0.6) is 5.75 Å². The van der Waals surface area contributed by atoms with Crippen LogP contribution in [0.2, 0.25) is 0 Å². The molecule has 0 saturated carbocycles. The average Bonchev–Trinajstić information content (AvgIpc) is 2.71. The van der Waals surface area contributed by atoms with Gasteiger partial charge in [-0.1, -0.05) is 36.4 Å². The van der Waals surface area contributed by atoms with Crippen molar-refractivity contribution in [3.63, 3.8) is 0 Å². The summed E-state index contributed by atoms with van der Waals surface area (Å²) in [5.41, 5.74) is 3.81. The highest BCUT2D eigenvalue weighted by molar-refractivity contribution is 5.53. The number of nitrogens with zero attached hydrogens (tertiary/aromatic N) is 3. The summed E-state index contributed by atoms with van der Waals surface area (Å²) >= 11 is 0. The lowest BCUT2D eigenvalue weighted by molar-refractivity contribution is 0.0883. The van der Waals surface area contributed by atoms with Crippen molar-refractivity contribution in [2.75, 3.05) is 44.2 Å². The molecule has 4 rings (SSSR count). The second-order valence-corrected chi connectivity index (χ2v) is 7.97. The molecule has 0 aromatic heterocycles. The summed E-state index contributed by atoms with van der Waals surface area (Å²) in [5, 5.41) is 10.1. The van der Waals surface area contributed by atoms with Crippen molar-refractivity contribution >= 4 is 5.69 Å². The van der Waals surface area contributed by atoms with Crippen LogP contribution in [-0.4, -0.2) is 60.2 Å². The maximum absolute atomic E-state index is 10.1. The zero-order valence-corrected chi connectivity index (χ0v) is 16.3. The van der Waals surface area contributed by atoms with Gasteiger partial charge in [0.2, 0.25) is 0 Å². The van der Waals surface area contributed by atoms with Gasteiger partial charge in [0.25, 0.3) is 0 Å². The Balaban J connectivity index is 1.33. The third-order valence-corrected chi connectivity index (χ3v) is 6.15. The Morgan fingerprint density at radius 2 is 1.67 bits per heavy atom. The van der Waals surface area contributed by atoms with E-state index >= 15 is 0 Å². The fraction of sp³-hybridized carbons (Fsp3) is 0.478. The predicted molar refractivity (Wildman–Crippen MR) is 111 cm³/mol. The van der Waals surface area contributed by atoms with Crippen LogP contribution in [0.15, 0.2) is 48.5 Å². The molecule has 27 heavy (non-hydrogen) atoms. The number of para-hydroxylation sites is 2. The van der Waals surface area contributed by atoms with Crippen molar-refractivity contribution < 1.29 is 5.11 Å². The number of piperazine rings is 1. The number of phenolic OH excluding ortho intramolecular Hbond substituents is 1. The van der Waals surface area contributed by atoms with Crippen LogP contribution in [0.25, 0.3) is 0 Å². The molecule has 2 aromatic carbocycles. The topological polar surface area (TPSA) is 30.0 Å². The predicted octanol–water partition coefficient (Wildman–Crippen LogP) is 3.49. The van der Waals surface area contributed by atoms with Gasteiger partial charge in [-0.3, -0.25) is 9.80 Å². The van der Waals surface area contributed by atoms with Gasteiger partial charge in [0.05, 0.1) is 0 Å². The van der Waals surface area contributed by atoms with E-state index < -0.39 is 0 Å². The first-order valence-electron chi connectivity index (χ1n) is 10.2. The van der Waals surface area contributed by atoms with Gasteiger partial charge >= 0.3 is 0 Å². The maximum Gasteiger partial charge on any atom is 0.120 e. The second kappa shape index (κ2) is 8.32. The number of aryl methyl sites for hydroxylation is 1. The SMILES string of the molecule is Cc1ccccc1N1CCN([C@@H]2CCCN(Cc3ccccc3O)C2)CC1. The smallest absolute Gasteiger partial charge is 0.120 e. The summed E-state index contributed by atoms with van der Waals surface area (Å²) in [6.07, 6.45) is 2.54. The minimum absolute atomic E-state index is 0.423. The Morgan fingerprint density at radius 3 is 2.44 bits per heavy atom. The van der Waals surface area contributed by atoms with Gasteiger partial charge in [0, 0.05) is 56.6 Å². The van der Waals surface area contributed by atoms with E-state index in [1.54, 1.807) is 6.07 Å². The molecule has 2 aliphatic heterocycles. The molecule has 2 heterocycles. The number of anilines is 1. The summed E-state index contributed by atoms with van der Waals surface area (Å²) in [7, 11) is 0. The first-order valence-corrected chi connectivity index (χ1v) is 10.2. The fourth-order valence-corrected chi connectivity index (χ4v) is 4.60. The molecule has 0 aliphatic carbocycles. The van der Waals surface area contributed by atoms with Crippen LogP contribution in [0.4, 0.5) is 5.69 Å². The molecule has 2 fully saturated rings. The van der Waals surface area contributed by atoms with Crippen molar-refractivity contribution in [2.24, 2.45) is 0 Å². The average molecular weight is 366 g/mol. The largest absolute Gasteiger partial charge is 0.508 e. The number of phenols is 1. The number of piperidine rings is 1. The maximum atomic E-state index is 10.1. The van der Waals surface area contributed by atoms with Gasteiger partial charge in [-0.15, -0.1) is 0 Å². The van der Waals surface area contributed by atoms with Crippen molar-refractivity contribution in [1.29, 1.82) is 0 Å². The molecule has 4 nitrogen and oxygen atoms in total. The summed E-state index contributed by atoms with van der Waals surface area (Å²) in [4.78, 5) is 7.73. The number of likely N-dealkylation sites (tertiary alicyclic amines) is 1. The molecular weight excluding hydrogens is 334 g/mol. The molecule has 1 N–H and O–H groups in total. The number of hydrogen-bond acceptors (Lipinski definition) is 4. The van der Waals surface area contributed by atoms with Crippen molar-refractivity contribution in [2.45, 2.75) is 32.4 Å². The molecule has 2 aliphatic rings. The Kier molecular flexibility index (Phi) is 5.65. The minimum atomic E-state index is 0.423. The molecule has 0 unspecified atom stereocenters. The zero-order valence-electron chi connectivity index (χ0n) is 16.3. The first kappa shape index (κ1) is 18.3. The molecule has 0 bridgehead atoms. The molecular formula is C23H31N3O. The van der Waals surface area contributed by atoms with Gasteiger partial charge in [0.1, 0.15) is 5.75 Å². The molecule has 4 heteroatoms. The highest BCUT2D eigenvalue weighted by atomic mass is 16.3. The fourth-order valence-electron chi connectivity index (χ4n) is 4.60. The molecule has 144 valence electrons. The minimum Gasteiger partial charge on any atom is -0.508 e. The van der Waals surface area contributed by atoms with Crippen LogP contribution in [0.3, 0.4) is 0 Å². The summed E-state index contributed by atoms with van der Waals surface area (Å²) in [5.74, 6) is 0.423. The highest BCUT2D eigenvalue weighted by Crippen LogP contribution is 2.25. The number of hydrogen-bond donors (Lipinski definition) is 1. The molecule has 2 aromatic rings. The van der Waals surface area contributed by atoms with Crippen molar-refractivity contribution in [1.82, 2.24) is 9.80 Å². The van der Waals surface area contributed by atoms with Crippen LogP contribution in [0, 0.1) is 6.92 Å². The van der Waals surface area contributed by atoms with E-state index in [9.17, 15) is 5.11 Å². The Bertz CT molecular complexity index is 755. The summed E-state index contributed by atoms with van der Waals surface area (Å²) < 4.78 is 0. The van der Waals surface area contributed by atoms with Gasteiger partial charge in [-0.25, -0.2) is 0 Å². The Hall–Kier alpha value is -2.04. The van der Waals surface area contributed by atoms with Gasteiger partial charge < -0.3 is 10.0 Å². The molecule has 0 radical (unpaired) electrons. The monoisotopic (exact) mass is 365 g/mol. The van der Waals surface area contributed by atoms with E-state index in [1.807, 2.05) is 18.2 Å². The standard InChI is InChI=1S/C23H31N3O/c1-19-7-2-4-10-22(19)26-15-13-25(14-16-26)21-9-6-12-24(18-21)17-20-8-3-5-11-23(20)27/h2-5,7-8,10-11,21,27H,6,9,12-18H2,1H3/t21-/m1/s1. The third-order valence-electron chi connectivity index (χ3n) is 6.15. The molecule has 0 spiro atoms. The lowest BCUT2D eigenvalue weighted by atomic mass is 10.0. The third kappa shape index (κ3) is 4.28. The number of benzene rings is 2. The van der Waals surface area contributed by atoms with Crippen LogP contribution in [0.1, 0.15) is 24.0 Å². The van der Waals surface area contributed by atoms with Gasteiger partial charge in [-0.05, 0) is 44.0 Å². The summed E-state index contributed by atoms with van der Waals surface area (Å²) in [6.45, 7) is 9.81. The van der Waals surface area contributed by atoms with E-state index in [0.29, 0.717) is 11.8 Å². The van der Waals surface area contributed by atoms with E-state index in [4.69, 9.17) is 0 Å². The van der Waals surface area contributed by atoms with E-state index in [2.05, 4.69) is 45.9 Å². The van der Waals surface area contributed by atoms with E-state index in [1.165, 1.54) is 24.1 Å². The molecule has 1 atom stereocenters. The Labute approximate surface area is 163 Å². The van der Waals surface area contributed by atoms with Crippen LogP contribution >= 0.6 is 0 Å². The molecule has 0 amide bonds. The van der Waals surface area contributed by atoms with E-state index in [0.717, 1.165) is 51.4 Å². The lowest BCUT2D eigenvalue weighted by Crippen LogP contribution is -2.55.